The highest BCUT2D eigenvalue weighted by molar-refractivity contribution is 5.81. The van der Waals surface area contributed by atoms with E-state index in [0.29, 0.717) is 6.61 Å². The summed E-state index contributed by atoms with van der Waals surface area (Å²) < 4.78 is 6.09. The van der Waals surface area contributed by atoms with Gasteiger partial charge in [0.15, 0.2) is 0 Å². The third-order valence-corrected chi connectivity index (χ3v) is 3.79. The molecule has 3 nitrogen and oxygen atoms in total. The number of allylic oxidation sites excluding steroid dienone is 2. The molecule has 2 heterocycles. The second-order valence-corrected chi connectivity index (χ2v) is 5.62. The SMILES string of the molecule is CC1=C(c2ccncc2N(C)C)OCC(c2ccccc2)=C1. The van der Waals surface area contributed by atoms with E-state index in [-0.39, 0.29) is 0 Å². The zero-order valence-electron chi connectivity index (χ0n) is 13.2. The van der Waals surface area contributed by atoms with Crippen LogP contribution in [0, 0.1) is 0 Å². The van der Waals surface area contributed by atoms with Crippen LogP contribution in [-0.2, 0) is 4.74 Å². The lowest BCUT2D eigenvalue weighted by Crippen LogP contribution is -2.13. The summed E-state index contributed by atoms with van der Waals surface area (Å²) in [5, 5.41) is 0. The predicted molar refractivity (Wildman–Crippen MR) is 91.5 cm³/mol. The first-order valence-corrected chi connectivity index (χ1v) is 7.38. The van der Waals surface area contributed by atoms with Crippen LogP contribution in [0.15, 0.2) is 60.4 Å². The van der Waals surface area contributed by atoms with Crippen molar-refractivity contribution in [1.82, 2.24) is 4.98 Å². The molecule has 1 aliphatic heterocycles. The molecular weight excluding hydrogens is 272 g/mol. The molecule has 2 aromatic rings. The molecule has 0 aliphatic carbocycles. The Bertz CT molecular complexity index is 730. The van der Waals surface area contributed by atoms with Crippen LogP contribution in [0.25, 0.3) is 11.3 Å². The Morgan fingerprint density at radius 1 is 1.09 bits per heavy atom. The van der Waals surface area contributed by atoms with E-state index >= 15 is 0 Å². The number of anilines is 1. The molecule has 1 aromatic heterocycles. The maximum Gasteiger partial charge on any atom is 0.132 e. The molecule has 0 N–H and O–H groups in total. The van der Waals surface area contributed by atoms with E-state index in [1.54, 1.807) is 0 Å². The van der Waals surface area contributed by atoms with Crippen molar-refractivity contribution in [2.75, 3.05) is 25.6 Å². The molecule has 0 bridgehead atoms. The summed E-state index contributed by atoms with van der Waals surface area (Å²) in [7, 11) is 4.04. The van der Waals surface area contributed by atoms with Gasteiger partial charge in [0.05, 0.1) is 11.9 Å². The monoisotopic (exact) mass is 292 g/mol. The normalized spacial score (nSPS) is 14.4. The Balaban J connectivity index is 2.02. The van der Waals surface area contributed by atoms with Crippen LogP contribution in [0.3, 0.4) is 0 Å². The number of pyridine rings is 1. The van der Waals surface area contributed by atoms with Gasteiger partial charge in [0.25, 0.3) is 0 Å². The number of hydrogen-bond acceptors (Lipinski definition) is 3. The van der Waals surface area contributed by atoms with Crippen molar-refractivity contribution in [3.63, 3.8) is 0 Å². The van der Waals surface area contributed by atoms with E-state index in [1.807, 2.05) is 38.6 Å². The minimum Gasteiger partial charge on any atom is -0.488 e. The predicted octanol–water partition coefficient (Wildman–Crippen LogP) is 3.99. The molecule has 0 amide bonds. The van der Waals surface area contributed by atoms with Crippen LogP contribution in [0.4, 0.5) is 5.69 Å². The Morgan fingerprint density at radius 2 is 1.86 bits per heavy atom. The lowest BCUT2D eigenvalue weighted by atomic mass is 9.99. The zero-order chi connectivity index (χ0) is 15.5. The lowest BCUT2D eigenvalue weighted by molar-refractivity contribution is 0.320. The Morgan fingerprint density at radius 3 is 2.55 bits per heavy atom. The zero-order valence-corrected chi connectivity index (χ0v) is 13.2. The first-order chi connectivity index (χ1) is 10.7. The summed E-state index contributed by atoms with van der Waals surface area (Å²) in [6, 6.07) is 12.4. The molecule has 0 saturated heterocycles. The summed E-state index contributed by atoms with van der Waals surface area (Å²) in [6.45, 7) is 2.68. The Kier molecular flexibility index (Phi) is 3.96. The van der Waals surface area contributed by atoms with Crippen molar-refractivity contribution in [1.29, 1.82) is 0 Å². The highest BCUT2D eigenvalue weighted by Gasteiger charge is 2.18. The fraction of sp³-hybridized carbons (Fsp3) is 0.211. The van der Waals surface area contributed by atoms with Crippen molar-refractivity contribution in [2.24, 2.45) is 0 Å². The number of rotatable bonds is 3. The fourth-order valence-electron chi connectivity index (χ4n) is 2.68. The summed E-state index contributed by atoms with van der Waals surface area (Å²) in [5.74, 6) is 0.936. The fourth-order valence-corrected chi connectivity index (χ4v) is 2.68. The molecule has 22 heavy (non-hydrogen) atoms. The molecule has 0 fully saturated rings. The molecule has 0 unspecified atom stereocenters. The lowest BCUT2D eigenvalue weighted by Gasteiger charge is -2.24. The average molecular weight is 292 g/mol. The molecule has 0 spiro atoms. The first-order valence-electron chi connectivity index (χ1n) is 7.38. The molecule has 3 rings (SSSR count). The number of nitrogens with zero attached hydrogens (tertiary/aromatic N) is 2. The number of hydrogen-bond donors (Lipinski definition) is 0. The van der Waals surface area contributed by atoms with Gasteiger partial charge in [-0.2, -0.15) is 0 Å². The summed E-state index contributed by atoms with van der Waals surface area (Å²) in [6.07, 6.45) is 5.89. The van der Waals surface area contributed by atoms with Crippen LogP contribution in [0.1, 0.15) is 18.1 Å². The molecule has 3 heteroatoms. The van der Waals surface area contributed by atoms with Crippen LogP contribution in [0.2, 0.25) is 0 Å². The van der Waals surface area contributed by atoms with Gasteiger partial charge in [0.1, 0.15) is 12.4 Å². The highest BCUT2D eigenvalue weighted by Crippen LogP contribution is 2.34. The van der Waals surface area contributed by atoms with E-state index < -0.39 is 0 Å². The topological polar surface area (TPSA) is 25.4 Å². The van der Waals surface area contributed by atoms with Gasteiger partial charge in [-0.25, -0.2) is 0 Å². The van der Waals surface area contributed by atoms with E-state index in [2.05, 4.69) is 47.1 Å². The average Bonchev–Trinajstić information content (AvgIpc) is 2.55. The van der Waals surface area contributed by atoms with Crippen molar-refractivity contribution in [3.8, 4) is 0 Å². The van der Waals surface area contributed by atoms with Crippen LogP contribution in [0.5, 0.6) is 0 Å². The van der Waals surface area contributed by atoms with Gasteiger partial charge in [0, 0.05) is 25.9 Å². The van der Waals surface area contributed by atoms with Gasteiger partial charge in [-0.1, -0.05) is 30.3 Å². The minimum atomic E-state index is 0.589. The molecule has 1 aromatic carbocycles. The summed E-state index contributed by atoms with van der Waals surface area (Å²) in [5.41, 5.74) is 5.71. The van der Waals surface area contributed by atoms with Crippen molar-refractivity contribution < 1.29 is 4.74 Å². The molecule has 1 aliphatic rings. The molecule has 112 valence electrons. The minimum absolute atomic E-state index is 0.589. The number of aromatic nitrogens is 1. The van der Waals surface area contributed by atoms with E-state index in [1.165, 1.54) is 11.1 Å². The van der Waals surface area contributed by atoms with Crippen molar-refractivity contribution in [3.05, 3.63) is 71.6 Å². The van der Waals surface area contributed by atoms with E-state index in [4.69, 9.17) is 4.74 Å². The smallest absolute Gasteiger partial charge is 0.132 e. The van der Waals surface area contributed by atoms with E-state index in [9.17, 15) is 0 Å². The number of benzene rings is 1. The Hall–Kier alpha value is -2.55. The van der Waals surface area contributed by atoms with Gasteiger partial charge in [-0.05, 0) is 35.8 Å². The quantitative estimate of drug-likeness (QED) is 0.855. The van der Waals surface area contributed by atoms with E-state index in [0.717, 1.165) is 22.6 Å². The third-order valence-electron chi connectivity index (χ3n) is 3.79. The van der Waals surface area contributed by atoms with Crippen LogP contribution in [-0.4, -0.2) is 25.7 Å². The maximum atomic E-state index is 6.09. The van der Waals surface area contributed by atoms with Gasteiger partial charge in [-0.3, -0.25) is 4.98 Å². The molecular formula is C19H20N2O. The first kappa shape index (κ1) is 14.4. The van der Waals surface area contributed by atoms with Gasteiger partial charge in [0.2, 0.25) is 0 Å². The summed E-state index contributed by atoms with van der Waals surface area (Å²) >= 11 is 0. The van der Waals surface area contributed by atoms with Gasteiger partial charge < -0.3 is 9.64 Å². The molecule has 0 atom stereocenters. The third kappa shape index (κ3) is 2.75. The van der Waals surface area contributed by atoms with Gasteiger partial charge >= 0.3 is 0 Å². The Labute approximate surface area is 131 Å². The standard InChI is InChI=1S/C19H20N2O/c1-14-11-16(15-7-5-4-6-8-15)13-22-19(14)17-9-10-20-12-18(17)21(2)3/h4-12H,13H2,1-3H3. The molecule has 0 radical (unpaired) electrons. The highest BCUT2D eigenvalue weighted by atomic mass is 16.5. The second-order valence-electron chi connectivity index (χ2n) is 5.62. The van der Waals surface area contributed by atoms with Crippen LogP contribution >= 0.6 is 0 Å². The molecule has 0 saturated carbocycles. The van der Waals surface area contributed by atoms with Gasteiger partial charge in [-0.15, -0.1) is 0 Å². The van der Waals surface area contributed by atoms with Crippen molar-refractivity contribution >= 4 is 17.0 Å². The van der Waals surface area contributed by atoms with Crippen LogP contribution < -0.4 is 4.90 Å². The summed E-state index contributed by atoms with van der Waals surface area (Å²) in [4.78, 5) is 6.27. The number of ether oxygens (including phenoxy) is 1. The second kappa shape index (κ2) is 6.06. The maximum absolute atomic E-state index is 6.09. The van der Waals surface area contributed by atoms with Crippen molar-refractivity contribution in [2.45, 2.75) is 6.92 Å². The largest absolute Gasteiger partial charge is 0.488 e.